The molecule has 0 heterocycles. The molecule has 0 aliphatic carbocycles. The van der Waals surface area contributed by atoms with E-state index < -0.39 is 6.09 Å². The Hall–Kier alpha value is -1.03. The van der Waals surface area contributed by atoms with Crippen LogP contribution in [0, 0.1) is 13.8 Å². The van der Waals surface area contributed by atoms with E-state index in [9.17, 15) is 4.79 Å². The van der Waals surface area contributed by atoms with Crippen molar-refractivity contribution in [2.45, 2.75) is 20.5 Å². The summed E-state index contributed by atoms with van der Waals surface area (Å²) in [5, 5.41) is 0. The number of aryl methyl sites for hydroxylation is 2. The topological polar surface area (TPSA) is 52.3 Å². The second-order valence-corrected chi connectivity index (χ2v) is 4.04. The van der Waals surface area contributed by atoms with Crippen LogP contribution in [0.5, 0.6) is 0 Å². The molecule has 0 atom stereocenters. The van der Waals surface area contributed by atoms with Gasteiger partial charge in [0.25, 0.3) is 0 Å². The molecule has 76 valence electrons. The number of benzene rings is 1. The molecule has 1 amide bonds. The summed E-state index contributed by atoms with van der Waals surface area (Å²) in [7, 11) is 0. The van der Waals surface area contributed by atoms with Crippen molar-refractivity contribution in [3.8, 4) is 0 Å². The molecule has 0 saturated heterocycles. The van der Waals surface area contributed by atoms with Crippen LogP contribution in [-0.2, 0) is 11.3 Å². The Balaban J connectivity index is 2.91. The first kappa shape index (κ1) is 11.0. The fourth-order valence-electron chi connectivity index (χ4n) is 1.31. The Bertz CT molecular complexity index is 340. The molecule has 1 aromatic carbocycles. The molecule has 0 bridgehead atoms. The van der Waals surface area contributed by atoms with Crippen molar-refractivity contribution in [3.63, 3.8) is 0 Å². The van der Waals surface area contributed by atoms with Crippen molar-refractivity contribution < 1.29 is 9.53 Å². The minimum Gasteiger partial charge on any atom is -0.445 e. The van der Waals surface area contributed by atoms with Gasteiger partial charge in [-0.3, -0.25) is 0 Å². The van der Waals surface area contributed by atoms with E-state index in [1.807, 2.05) is 26.0 Å². The van der Waals surface area contributed by atoms with Crippen LogP contribution in [0.2, 0.25) is 0 Å². The van der Waals surface area contributed by atoms with E-state index in [-0.39, 0.29) is 6.61 Å². The zero-order valence-electron chi connectivity index (χ0n) is 8.13. The number of ether oxygens (including phenoxy) is 1. The molecule has 4 heteroatoms. The maximum Gasteiger partial charge on any atom is 0.404 e. The van der Waals surface area contributed by atoms with Gasteiger partial charge in [0.1, 0.15) is 6.61 Å². The zero-order valence-corrected chi connectivity index (χ0v) is 9.72. The molecule has 14 heavy (non-hydrogen) atoms. The Morgan fingerprint density at radius 1 is 1.43 bits per heavy atom. The Labute approximate surface area is 91.4 Å². The number of carbonyl (C=O) groups excluding carboxylic acids is 1. The molecule has 0 fully saturated rings. The van der Waals surface area contributed by atoms with Crippen LogP contribution in [0.3, 0.4) is 0 Å². The molecule has 0 radical (unpaired) electrons. The van der Waals surface area contributed by atoms with E-state index in [2.05, 4.69) is 15.9 Å². The van der Waals surface area contributed by atoms with Crippen molar-refractivity contribution in [2.24, 2.45) is 5.73 Å². The maximum absolute atomic E-state index is 10.5. The third-order valence-electron chi connectivity index (χ3n) is 2.02. The molecule has 0 aliphatic heterocycles. The molecule has 0 aromatic heterocycles. The minimum absolute atomic E-state index is 0.236. The number of halogens is 1. The number of primary amides is 1. The van der Waals surface area contributed by atoms with Crippen molar-refractivity contribution >= 4 is 22.0 Å². The van der Waals surface area contributed by atoms with Crippen LogP contribution < -0.4 is 5.73 Å². The van der Waals surface area contributed by atoms with Crippen LogP contribution in [0.25, 0.3) is 0 Å². The largest absolute Gasteiger partial charge is 0.445 e. The van der Waals surface area contributed by atoms with E-state index >= 15 is 0 Å². The number of hydrogen-bond donors (Lipinski definition) is 1. The van der Waals surface area contributed by atoms with E-state index in [1.54, 1.807) is 0 Å². The Morgan fingerprint density at radius 2 is 1.93 bits per heavy atom. The summed E-state index contributed by atoms with van der Waals surface area (Å²) in [6.45, 7) is 4.18. The third kappa shape index (κ3) is 2.73. The van der Waals surface area contributed by atoms with Crippen LogP contribution >= 0.6 is 15.9 Å². The highest BCUT2D eigenvalue weighted by atomic mass is 79.9. The third-order valence-corrected chi connectivity index (χ3v) is 2.48. The highest BCUT2D eigenvalue weighted by Gasteiger charge is 2.05. The summed E-state index contributed by atoms with van der Waals surface area (Å²) in [6, 6.07) is 3.96. The number of amides is 1. The smallest absolute Gasteiger partial charge is 0.404 e. The zero-order chi connectivity index (χ0) is 10.7. The fourth-order valence-corrected chi connectivity index (χ4v) is 2.00. The van der Waals surface area contributed by atoms with Gasteiger partial charge in [0.2, 0.25) is 0 Å². The van der Waals surface area contributed by atoms with Gasteiger partial charge in [-0.2, -0.15) is 0 Å². The summed E-state index contributed by atoms with van der Waals surface area (Å²) < 4.78 is 5.78. The van der Waals surface area contributed by atoms with Crippen molar-refractivity contribution in [1.82, 2.24) is 0 Å². The lowest BCUT2D eigenvalue weighted by atomic mass is 10.0. The van der Waals surface area contributed by atoms with E-state index in [0.717, 1.165) is 21.2 Å². The average molecular weight is 258 g/mol. The van der Waals surface area contributed by atoms with E-state index in [0.29, 0.717) is 0 Å². The highest BCUT2D eigenvalue weighted by molar-refractivity contribution is 9.10. The molecule has 2 N–H and O–H groups in total. The summed E-state index contributed by atoms with van der Waals surface area (Å²) in [6.07, 6.45) is -0.744. The molecule has 3 nitrogen and oxygen atoms in total. The first-order chi connectivity index (χ1) is 6.50. The van der Waals surface area contributed by atoms with Crippen LogP contribution in [-0.4, -0.2) is 6.09 Å². The van der Waals surface area contributed by atoms with Crippen LogP contribution in [0.15, 0.2) is 16.6 Å². The molecule has 1 rings (SSSR count). The molecule has 0 saturated carbocycles. The first-order valence-corrected chi connectivity index (χ1v) is 4.98. The van der Waals surface area contributed by atoms with Crippen molar-refractivity contribution in [2.75, 3.05) is 0 Å². The van der Waals surface area contributed by atoms with Gasteiger partial charge in [0, 0.05) is 4.47 Å². The van der Waals surface area contributed by atoms with E-state index in [4.69, 9.17) is 10.5 Å². The lowest BCUT2D eigenvalue weighted by molar-refractivity contribution is 0.150. The van der Waals surface area contributed by atoms with Gasteiger partial charge in [-0.05, 0) is 42.7 Å². The molecular weight excluding hydrogens is 246 g/mol. The van der Waals surface area contributed by atoms with Gasteiger partial charge in [-0.1, -0.05) is 15.9 Å². The van der Waals surface area contributed by atoms with Crippen molar-refractivity contribution in [1.29, 1.82) is 0 Å². The number of carbonyl (C=O) groups is 1. The standard InChI is InChI=1S/C10H12BrNO2/c1-6-3-8(11)4-7(2)9(6)5-14-10(12)13/h3-4H,5H2,1-2H3,(H2,12,13). The second-order valence-electron chi connectivity index (χ2n) is 3.13. The Morgan fingerprint density at radius 3 is 2.36 bits per heavy atom. The van der Waals surface area contributed by atoms with Crippen LogP contribution in [0.1, 0.15) is 16.7 Å². The molecular formula is C10H12BrNO2. The van der Waals surface area contributed by atoms with Gasteiger partial charge >= 0.3 is 6.09 Å². The predicted molar refractivity (Wildman–Crippen MR) is 58.0 cm³/mol. The number of rotatable bonds is 2. The minimum atomic E-state index is -0.744. The summed E-state index contributed by atoms with van der Waals surface area (Å²) in [5.74, 6) is 0. The monoisotopic (exact) mass is 257 g/mol. The lowest BCUT2D eigenvalue weighted by Crippen LogP contribution is -2.13. The van der Waals surface area contributed by atoms with Gasteiger partial charge in [0.15, 0.2) is 0 Å². The summed E-state index contributed by atoms with van der Waals surface area (Å²) >= 11 is 3.39. The maximum atomic E-state index is 10.5. The highest BCUT2D eigenvalue weighted by Crippen LogP contribution is 2.21. The number of nitrogens with two attached hydrogens (primary N) is 1. The Kier molecular flexibility index (Phi) is 3.52. The van der Waals surface area contributed by atoms with Gasteiger partial charge < -0.3 is 10.5 Å². The molecule has 0 spiro atoms. The van der Waals surface area contributed by atoms with Gasteiger partial charge in [-0.15, -0.1) is 0 Å². The lowest BCUT2D eigenvalue weighted by Gasteiger charge is -2.09. The molecule has 0 unspecified atom stereocenters. The summed E-state index contributed by atoms with van der Waals surface area (Å²) in [5.41, 5.74) is 8.07. The SMILES string of the molecule is Cc1cc(Br)cc(C)c1COC(N)=O. The van der Waals surface area contributed by atoms with Crippen LogP contribution in [0.4, 0.5) is 4.79 Å². The number of hydrogen-bond acceptors (Lipinski definition) is 2. The predicted octanol–water partition coefficient (Wildman–Crippen LogP) is 2.66. The normalized spacial score (nSPS) is 9.93. The van der Waals surface area contributed by atoms with Gasteiger partial charge in [0.05, 0.1) is 0 Å². The molecule has 0 aliphatic rings. The van der Waals surface area contributed by atoms with Crippen molar-refractivity contribution in [3.05, 3.63) is 33.3 Å². The second kappa shape index (κ2) is 4.46. The first-order valence-electron chi connectivity index (χ1n) is 4.18. The molecule has 1 aromatic rings. The van der Waals surface area contributed by atoms with E-state index in [1.165, 1.54) is 0 Å². The van der Waals surface area contributed by atoms with Gasteiger partial charge in [-0.25, -0.2) is 4.79 Å². The quantitative estimate of drug-likeness (QED) is 0.886. The average Bonchev–Trinajstić information content (AvgIpc) is 2.01. The summed E-state index contributed by atoms with van der Waals surface area (Å²) in [4.78, 5) is 10.5. The fraction of sp³-hybridized carbons (Fsp3) is 0.300.